The normalized spacial score (nSPS) is 11.3. The molecule has 4 heterocycles. The van der Waals surface area contributed by atoms with E-state index < -0.39 is 5.82 Å². The van der Waals surface area contributed by atoms with Crippen LogP contribution >= 0.6 is 0 Å². The van der Waals surface area contributed by atoms with E-state index in [-0.39, 0.29) is 17.8 Å². The Balaban J connectivity index is 1.40. The van der Waals surface area contributed by atoms with Crippen LogP contribution < -0.4 is 5.69 Å². The van der Waals surface area contributed by atoms with Gasteiger partial charge in [-0.25, -0.2) is 14.2 Å². The van der Waals surface area contributed by atoms with Crippen LogP contribution in [0.25, 0.3) is 39.2 Å². The molecular formula is C25H16FN7O. The summed E-state index contributed by atoms with van der Waals surface area (Å²) in [5.74, 6) is 0.288. The van der Waals surface area contributed by atoms with E-state index in [0.717, 1.165) is 33.7 Å². The Morgan fingerprint density at radius 3 is 2.71 bits per heavy atom. The molecule has 4 aromatic heterocycles. The van der Waals surface area contributed by atoms with E-state index in [2.05, 4.69) is 20.1 Å². The number of nitrogens with zero attached hydrogens (tertiary/aromatic N) is 5. The number of hydrogen-bond acceptors (Lipinski definition) is 4. The Morgan fingerprint density at radius 2 is 1.85 bits per heavy atom. The van der Waals surface area contributed by atoms with Crippen LogP contribution in [0.5, 0.6) is 0 Å². The third-order valence-electron chi connectivity index (χ3n) is 5.82. The first-order valence-electron chi connectivity index (χ1n) is 10.5. The van der Waals surface area contributed by atoms with E-state index in [0.29, 0.717) is 11.1 Å². The summed E-state index contributed by atoms with van der Waals surface area (Å²) in [4.78, 5) is 21.7. The monoisotopic (exact) mass is 449 g/mol. The van der Waals surface area contributed by atoms with Crippen LogP contribution in [0.1, 0.15) is 11.1 Å². The van der Waals surface area contributed by atoms with Crippen LogP contribution in [0.15, 0.2) is 78.0 Å². The van der Waals surface area contributed by atoms with Crippen molar-refractivity contribution >= 4 is 16.6 Å². The van der Waals surface area contributed by atoms with Gasteiger partial charge in [-0.05, 0) is 48.5 Å². The summed E-state index contributed by atoms with van der Waals surface area (Å²) in [6.45, 7) is 0.228. The lowest BCUT2D eigenvalue weighted by Crippen LogP contribution is -2.06. The molecule has 0 spiro atoms. The maximum Gasteiger partial charge on any atom is 0.323 e. The number of imidazole rings is 2. The third-order valence-corrected chi connectivity index (χ3v) is 5.82. The van der Waals surface area contributed by atoms with Gasteiger partial charge in [0.2, 0.25) is 0 Å². The van der Waals surface area contributed by atoms with Crippen LogP contribution in [0.4, 0.5) is 4.39 Å². The number of hydrogen-bond donors (Lipinski definition) is 2. The largest absolute Gasteiger partial charge is 0.323 e. The van der Waals surface area contributed by atoms with Crippen LogP contribution in [0.3, 0.4) is 0 Å². The van der Waals surface area contributed by atoms with Gasteiger partial charge in [-0.3, -0.25) is 9.08 Å². The highest BCUT2D eigenvalue weighted by Gasteiger charge is 2.13. The Morgan fingerprint density at radius 1 is 1.00 bits per heavy atom. The minimum atomic E-state index is -0.439. The van der Waals surface area contributed by atoms with Gasteiger partial charge in [0.05, 0.1) is 46.6 Å². The fraction of sp³-hybridized carbons (Fsp3) is 0.0400. The van der Waals surface area contributed by atoms with Crippen LogP contribution in [-0.2, 0) is 6.54 Å². The first-order chi connectivity index (χ1) is 16.6. The molecule has 0 fully saturated rings. The van der Waals surface area contributed by atoms with E-state index in [1.54, 1.807) is 29.2 Å². The fourth-order valence-corrected chi connectivity index (χ4v) is 4.14. The van der Waals surface area contributed by atoms with Crippen molar-refractivity contribution in [2.75, 3.05) is 0 Å². The van der Waals surface area contributed by atoms with E-state index in [4.69, 9.17) is 5.26 Å². The maximum atomic E-state index is 14.5. The van der Waals surface area contributed by atoms with Gasteiger partial charge in [0.15, 0.2) is 0 Å². The Kier molecular flexibility index (Phi) is 4.38. The van der Waals surface area contributed by atoms with Crippen LogP contribution in [-0.4, -0.2) is 29.1 Å². The minimum Gasteiger partial charge on any atom is -0.306 e. The standard InChI is InChI=1S/C25H16FN7O/c26-20-9-15(11-27)1-2-17(20)14-33-23(7-8-29-33)18-3-5-19-12-28-24(32(19)13-18)16-4-6-21-22(10-16)31-25(34)30-21/h1-10,12-13H,14H2,(H2,30,31,34). The molecule has 0 radical (unpaired) electrons. The van der Waals surface area contributed by atoms with Crippen molar-refractivity contribution in [3.63, 3.8) is 0 Å². The molecule has 0 bridgehead atoms. The fourth-order valence-electron chi connectivity index (χ4n) is 4.14. The zero-order chi connectivity index (χ0) is 23.2. The highest BCUT2D eigenvalue weighted by atomic mass is 19.1. The molecule has 6 rings (SSSR count). The first-order valence-corrected chi connectivity index (χ1v) is 10.5. The van der Waals surface area contributed by atoms with Crippen molar-refractivity contribution in [2.45, 2.75) is 6.54 Å². The van der Waals surface area contributed by atoms with Gasteiger partial charge in [0.1, 0.15) is 11.6 Å². The lowest BCUT2D eigenvalue weighted by atomic mass is 10.1. The summed E-state index contributed by atoms with van der Waals surface area (Å²) in [5.41, 5.74) is 5.37. The van der Waals surface area contributed by atoms with Crippen molar-refractivity contribution in [3.05, 3.63) is 101 Å². The molecule has 6 aromatic rings. The van der Waals surface area contributed by atoms with Gasteiger partial charge in [-0.2, -0.15) is 10.4 Å². The summed E-state index contributed by atoms with van der Waals surface area (Å²) >= 11 is 0. The predicted octanol–water partition coefficient (Wildman–Crippen LogP) is 4.09. The molecule has 0 aliphatic rings. The third kappa shape index (κ3) is 3.25. The molecule has 0 amide bonds. The number of aromatic nitrogens is 6. The zero-order valence-electron chi connectivity index (χ0n) is 17.7. The smallest absolute Gasteiger partial charge is 0.306 e. The second kappa shape index (κ2) is 7.56. The second-order valence-corrected chi connectivity index (χ2v) is 7.93. The van der Waals surface area contributed by atoms with Gasteiger partial charge in [-0.1, -0.05) is 6.07 Å². The molecule has 8 nitrogen and oxygen atoms in total. The molecule has 0 saturated heterocycles. The van der Waals surface area contributed by atoms with Gasteiger partial charge in [0.25, 0.3) is 0 Å². The summed E-state index contributed by atoms with van der Waals surface area (Å²) in [6.07, 6.45) is 5.42. The van der Waals surface area contributed by atoms with E-state index in [9.17, 15) is 9.18 Å². The lowest BCUT2D eigenvalue weighted by molar-refractivity contribution is 0.586. The summed E-state index contributed by atoms with van der Waals surface area (Å²) < 4.78 is 18.1. The number of halogens is 1. The number of pyridine rings is 1. The molecule has 9 heteroatoms. The van der Waals surface area contributed by atoms with Crippen molar-refractivity contribution in [1.82, 2.24) is 29.1 Å². The Bertz CT molecular complexity index is 1800. The van der Waals surface area contributed by atoms with Crippen molar-refractivity contribution in [2.24, 2.45) is 0 Å². The lowest BCUT2D eigenvalue weighted by Gasteiger charge is -2.10. The SMILES string of the molecule is N#Cc1ccc(Cn2nccc2-c2ccc3cnc(-c4ccc5[nH]c(=O)[nH]c5c4)n3c2)c(F)c1. The Hall–Kier alpha value is -4.97. The number of benzene rings is 2. The molecule has 2 aromatic carbocycles. The molecule has 0 atom stereocenters. The van der Waals surface area contributed by atoms with Gasteiger partial charge in [0, 0.05) is 29.1 Å². The Labute approximate surface area is 191 Å². The van der Waals surface area contributed by atoms with Crippen LogP contribution in [0, 0.1) is 17.1 Å². The number of rotatable bonds is 4. The van der Waals surface area contributed by atoms with Crippen molar-refractivity contribution in [3.8, 4) is 28.7 Å². The molecule has 0 aliphatic carbocycles. The van der Waals surface area contributed by atoms with Gasteiger partial charge < -0.3 is 9.97 Å². The number of aromatic amines is 2. The molecule has 164 valence electrons. The first kappa shape index (κ1) is 19.7. The average Bonchev–Trinajstić information content (AvgIpc) is 3.56. The minimum absolute atomic E-state index is 0.228. The predicted molar refractivity (Wildman–Crippen MR) is 125 cm³/mol. The second-order valence-electron chi connectivity index (χ2n) is 7.93. The number of fused-ring (bicyclic) bond motifs is 2. The van der Waals surface area contributed by atoms with Crippen LogP contribution in [0.2, 0.25) is 0 Å². The molecular weight excluding hydrogens is 433 g/mol. The molecule has 0 aliphatic heterocycles. The zero-order valence-corrected chi connectivity index (χ0v) is 17.7. The topological polar surface area (TPSA) is 108 Å². The highest BCUT2D eigenvalue weighted by Crippen LogP contribution is 2.27. The molecule has 2 N–H and O–H groups in total. The average molecular weight is 449 g/mol. The number of H-pyrrole nitrogens is 2. The molecule has 0 saturated carbocycles. The summed E-state index contributed by atoms with van der Waals surface area (Å²) in [5, 5.41) is 13.3. The van der Waals surface area contributed by atoms with Gasteiger partial charge >= 0.3 is 5.69 Å². The molecule has 34 heavy (non-hydrogen) atoms. The number of nitriles is 1. The van der Waals surface area contributed by atoms with Crippen molar-refractivity contribution < 1.29 is 4.39 Å². The highest BCUT2D eigenvalue weighted by molar-refractivity contribution is 5.80. The molecule has 0 unspecified atom stereocenters. The van der Waals surface area contributed by atoms with E-state index in [1.165, 1.54) is 6.07 Å². The van der Waals surface area contributed by atoms with Gasteiger partial charge in [-0.15, -0.1) is 0 Å². The van der Waals surface area contributed by atoms with Crippen molar-refractivity contribution in [1.29, 1.82) is 5.26 Å². The van der Waals surface area contributed by atoms with E-state index in [1.807, 2.05) is 53.1 Å². The summed E-state index contributed by atoms with van der Waals surface area (Å²) in [6, 6.07) is 17.8. The quantitative estimate of drug-likeness (QED) is 0.423. The van der Waals surface area contributed by atoms with E-state index >= 15 is 0 Å². The maximum absolute atomic E-state index is 14.5. The number of nitrogens with one attached hydrogen (secondary N) is 2. The summed E-state index contributed by atoms with van der Waals surface area (Å²) in [7, 11) is 0.